The zero-order valence-corrected chi connectivity index (χ0v) is 12.8. The molecule has 0 radical (unpaired) electrons. The van der Waals surface area contributed by atoms with Gasteiger partial charge in [-0.25, -0.2) is 4.39 Å². The maximum absolute atomic E-state index is 13.8. The number of rotatable bonds is 3. The topological polar surface area (TPSA) is 29.1 Å². The molecule has 1 aliphatic rings. The summed E-state index contributed by atoms with van der Waals surface area (Å²) in [6.07, 6.45) is 2.33. The van der Waals surface area contributed by atoms with Gasteiger partial charge in [-0.15, -0.1) is 0 Å². The number of thioether (sulfide) groups is 1. The number of amides is 1. The van der Waals surface area contributed by atoms with E-state index in [4.69, 9.17) is 0 Å². The van der Waals surface area contributed by atoms with Gasteiger partial charge in [-0.3, -0.25) is 4.79 Å². The summed E-state index contributed by atoms with van der Waals surface area (Å²) >= 11 is 1.91. The highest BCUT2D eigenvalue weighted by Crippen LogP contribution is 2.37. The van der Waals surface area contributed by atoms with Crippen molar-refractivity contribution in [2.24, 2.45) is 0 Å². The molecule has 0 aromatic heterocycles. The lowest BCUT2D eigenvalue weighted by Crippen LogP contribution is -2.36. The van der Waals surface area contributed by atoms with Crippen molar-refractivity contribution in [3.63, 3.8) is 0 Å². The van der Waals surface area contributed by atoms with Gasteiger partial charge in [-0.05, 0) is 43.0 Å². The average molecular weight is 303 g/mol. The molecule has 1 aliphatic heterocycles. The molecular formula is C17H18FNOS. The Morgan fingerprint density at radius 3 is 2.76 bits per heavy atom. The molecule has 1 heterocycles. The van der Waals surface area contributed by atoms with Crippen LogP contribution >= 0.6 is 11.8 Å². The highest BCUT2D eigenvalue weighted by molar-refractivity contribution is 8.00. The Balaban J connectivity index is 1.83. The molecular weight excluding hydrogens is 285 g/mol. The first-order valence-corrected chi connectivity index (χ1v) is 8.17. The minimum absolute atomic E-state index is 0.125. The molecule has 0 bridgehead atoms. The first-order valence-electron chi connectivity index (χ1n) is 7.18. The molecule has 0 saturated carbocycles. The van der Waals surface area contributed by atoms with E-state index in [0.717, 1.165) is 12.2 Å². The molecule has 2 aromatic carbocycles. The predicted octanol–water partition coefficient (Wildman–Crippen LogP) is 3.99. The van der Waals surface area contributed by atoms with Crippen molar-refractivity contribution in [2.75, 3.05) is 12.3 Å². The number of hydrogen-bond donors (Lipinski definition) is 1. The van der Waals surface area contributed by atoms with E-state index in [2.05, 4.69) is 12.2 Å². The van der Waals surface area contributed by atoms with Crippen LogP contribution < -0.4 is 5.32 Å². The molecule has 1 atom stereocenters. The van der Waals surface area contributed by atoms with Crippen LogP contribution in [-0.4, -0.2) is 23.0 Å². The molecule has 0 spiro atoms. The van der Waals surface area contributed by atoms with Crippen molar-refractivity contribution in [3.8, 4) is 0 Å². The molecule has 21 heavy (non-hydrogen) atoms. The lowest BCUT2D eigenvalue weighted by atomic mass is 10.0. The number of fused-ring (bicyclic) bond motifs is 1. The maximum Gasteiger partial charge on any atom is 0.251 e. The van der Waals surface area contributed by atoms with Gasteiger partial charge in [0.2, 0.25) is 0 Å². The summed E-state index contributed by atoms with van der Waals surface area (Å²) in [4.78, 5) is 12.4. The summed E-state index contributed by atoms with van der Waals surface area (Å²) in [6, 6.07) is 10.0. The lowest BCUT2D eigenvalue weighted by molar-refractivity contribution is 0.0951. The van der Waals surface area contributed by atoms with E-state index in [1.807, 2.05) is 17.8 Å². The van der Waals surface area contributed by atoms with Gasteiger partial charge < -0.3 is 5.32 Å². The van der Waals surface area contributed by atoms with Crippen LogP contribution in [0.5, 0.6) is 0 Å². The Morgan fingerprint density at radius 2 is 2.05 bits per heavy atom. The Hall–Kier alpha value is -1.55. The third-order valence-corrected chi connectivity index (χ3v) is 5.58. The molecule has 1 N–H and O–H groups in total. The second kappa shape index (κ2) is 5.68. The first-order chi connectivity index (χ1) is 10.1. The highest BCUT2D eigenvalue weighted by Gasteiger charge is 2.30. The second-order valence-corrected chi connectivity index (χ2v) is 7.41. The van der Waals surface area contributed by atoms with E-state index in [0.29, 0.717) is 22.9 Å². The fraction of sp³-hybridized carbons (Fsp3) is 0.353. The van der Waals surface area contributed by atoms with Crippen LogP contribution in [0.3, 0.4) is 0 Å². The Bertz CT molecular complexity index is 680. The van der Waals surface area contributed by atoms with Crippen molar-refractivity contribution in [1.82, 2.24) is 5.32 Å². The summed E-state index contributed by atoms with van der Waals surface area (Å²) in [7, 11) is 0. The van der Waals surface area contributed by atoms with Gasteiger partial charge in [0.05, 0.1) is 0 Å². The number of halogens is 1. The summed E-state index contributed by atoms with van der Waals surface area (Å²) in [5, 5.41) is 4.17. The summed E-state index contributed by atoms with van der Waals surface area (Å²) < 4.78 is 13.9. The molecule has 4 heteroatoms. The van der Waals surface area contributed by atoms with Crippen LogP contribution in [0.2, 0.25) is 0 Å². The molecule has 2 aromatic rings. The van der Waals surface area contributed by atoms with Crippen molar-refractivity contribution in [3.05, 3.63) is 47.8 Å². The quantitative estimate of drug-likeness (QED) is 0.929. The normalized spacial score (nSPS) is 21.6. The van der Waals surface area contributed by atoms with Gasteiger partial charge in [-0.2, -0.15) is 11.8 Å². The monoisotopic (exact) mass is 303 g/mol. The van der Waals surface area contributed by atoms with Crippen LogP contribution in [0.1, 0.15) is 30.1 Å². The Kier molecular flexibility index (Phi) is 3.89. The minimum Gasteiger partial charge on any atom is -0.351 e. The van der Waals surface area contributed by atoms with Crippen molar-refractivity contribution >= 4 is 28.4 Å². The van der Waals surface area contributed by atoms with Gasteiger partial charge in [0, 0.05) is 22.2 Å². The summed E-state index contributed by atoms with van der Waals surface area (Å²) in [5.41, 5.74) is 0.540. The summed E-state index contributed by atoms with van der Waals surface area (Å²) in [5.74, 6) is 0.742. The molecule has 2 nitrogen and oxygen atoms in total. The third kappa shape index (κ3) is 2.91. The van der Waals surface area contributed by atoms with Gasteiger partial charge in [-0.1, -0.05) is 24.3 Å². The van der Waals surface area contributed by atoms with Gasteiger partial charge in [0.15, 0.2) is 0 Å². The van der Waals surface area contributed by atoms with E-state index in [1.54, 1.807) is 24.3 Å². The minimum atomic E-state index is -0.291. The fourth-order valence-corrected chi connectivity index (χ4v) is 4.04. The third-order valence-electron chi connectivity index (χ3n) is 4.04. The Morgan fingerprint density at radius 1 is 1.29 bits per heavy atom. The van der Waals surface area contributed by atoms with E-state index in [9.17, 15) is 9.18 Å². The zero-order valence-electron chi connectivity index (χ0n) is 12.0. The van der Waals surface area contributed by atoms with Crippen molar-refractivity contribution in [1.29, 1.82) is 0 Å². The van der Waals surface area contributed by atoms with Crippen molar-refractivity contribution in [2.45, 2.75) is 24.5 Å². The smallest absolute Gasteiger partial charge is 0.251 e. The largest absolute Gasteiger partial charge is 0.351 e. The van der Waals surface area contributed by atoms with E-state index in [1.165, 1.54) is 12.5 Å². The predicted molar refractivity (Wildman–Crippen MR) is 86.3 cm³/mol. The van der Waals surface area contributed by atoms with Gasteiger partial charge in [0.25, 0.3) is 5.91 Å². The zero-order chi connectivity index (χ0) is 14.9. The van der Waals surface area contributed by atoms with Crippen LogP contribution in [0.4, 0.5) is 4.39 Å². The van der Waals surface area contributed by atoms with Gasteiger partial charge >= 0.3 is 0 Å². The van der Waals surface area contributed by atoms with Crippen LogP contribution in [0.15, 0.2) is 36.4 Å². The highest BCUT2D eigenvalue weighted by atomic mass is 32.2. The Labute approximate surface area is 128 Å². The molecule has 1 amide bonds. The molecule has 1 fully saturated rings. The van der Waals surface area contributed by atoms with Crippen molar-refractivity contribution < 1.29 is 9.18 Å². The second-order valence-electron chi connectivity index (χ2n) is 5.73. The average Bonchev–Trinajstić information content (AvgIpc) is 2.93. The number of carbonyl (C=O) groups is 1. The number of hydrogen-bond acceptors (Lipinski definition) is 2. The maximum atomic E-state index is 13.8. The lowest BCUT2D eigenvalue weighted by Gasteiger charge is -2.23. The van der Waals surface area contributed by atoms with Crippen LogP contribution in [0, 0.1) is 5.82 Å². The summed E-state index contributed by atoms with van der Waals surface area (Å²) in [6.45, 7) is 2.84. The van der Waals surface area contributed by atoms with Crippen LogP contribution in [-0.2, 0) is 0 Å². The number of benzene rings is 2. The number of nitrogens with one attached hydrogen (secondary N) is 1. The molecule has 1 saturated heterocycles. The SMILES string of the molecule is CC1(CNC(=O)c2ccc(F)c3ccccc23)CCCS1. The van der Waals surface area contributed by atoms with E-state index >= 15 is 0 Å². The van der Waals surface area contributed by atoms with Crippen LogP contribution in [0.25, 0.3) is 10.8 Å². The van der Waals surface area contributed by atoms with E-state index in [-0.39, 0.29) is 16.5 Å². The standard InChI is InChI=1S/C17H18FNOS/c1-17(9-4-10-21-17)11-19-16(20)14-7-8-15(18)13-6-3-2-5-12(13)14/h2-3,5-8H,4,9-11H2,1H3,(H,19,20). The van der Waals surface area contributed by atoms with E-state index < -0.39 is 0 Å². The molecule has 3 rings (SSSR count). The first kappa shape index (κ1) is 14.4. The number of carbonyl (C=O) groups excluding carboxylic acids is 1. The molecule has 110 valence electrons. The van der Waals surface area contributed by atoms with Gasteiger partial charge in [0.1, 0.15) is 5.82 Å². The molecule has 1 unspecified atom stereocenters. The molecule has 0 aliphatic carbocycles. The fourth-order valence-electron chi connectivity index (χ4n) is 2.80.